The van der Waals surface area contributed by atoms with E-state index in [0.717, 1.165) is 32.1 Å². The van der Waals surface area contributed by atoms with Gasteiger partial charge in [0.1, 0.15) is 0 Å². The molecule has 2 rings (SSSR count). The second-order valence-corrected chi connectivity index (χ2v) is 6.39. The van der Waals surface area contributed by atoms with Gasteiger partial charge in [0.2, 0.25) is 5.91 Å². The predicted octanol–water partition coefficient (Wildman–Crippen LogP) is 3.11. The van der Waals surface area contributed by atoms with Crippen molar-refractivity contribution in [3.05, 3.63) is 0 Å². The lowest BCUT2D eigenvalue weighted by atomic mass is 9.78. The van der Waals surface area contributed by atoms with E-state index in [1.807, 2.05) is 0 Å². The molecule has 4 nitrogen and oxygen atoms in total. The highest BCUT2D eigenvalue weighted by atomic mass is 16.4. The molecule has 4 heteroatoms. The summed E-state index contributed by atoms with van der Waals surface area (Å²) in [6, 6.07) is 0.263. The first-order valence-electron chi connectivity index (χ1n) is 8.21. The van der Waals surface area contributed by atoms with Crippen LogP contribution in [0.5, 0.6) is 0 Å². The van der Waals surface area contributed by atoms with E-state index in [2.05, 4.69) is 5.32 Å². The molecule has 0 aromatic rings. The standard InChI is InChI=1S/C16H27NO3/c18-15(13-10-6-7-11-14(13)16(19)20)17-12-8-4-2-1-3-5-9-12/h12-14H,1-11H2,(H,17,18)(H,19,20). The van der Waals surface area contributed by atoms with Crippen molar-refractivity contribution in [1.82, 2.24) is 5.32 Å². The number of aliphatic carboxylic acids is 1. The molecule has 0 aromatic heterocycles. The largest absolute Gasteiger partial charge is 0.481 e. The van der Waals surface area contributed by atoms with Crippen molar-refractivity contribution < 1.29 is 14.7 Å². The minimum absolute atomic E-state index is 0.0114. The first-order valence-corrected chi connectivity index (χ1v) is 8.21. The quantitative estimate of drug-likeness (QED) is 0.835. The molecule has 2 aliphatic rings. The van der Waals surface area contributed by atoms with Gasteiger partial charge in [-0.05, 0) is 25.7 Å². The van der Waals surface area contributed by atoms with E-state index in [4.69, 9.17) is 0 Å². The van der Waals surface area contributed by atoms with Gasteiger partial charge in [-0.25, -0.2) is 0 Å². The lowest BCUT2D eigenvalue weighted by molar-refractivity contribution is -0.149. The molecule has 114 valence electrons. The molecule has 2 unspecified atom stereocenters. The monoisotopic (exact) mass is 281 g/mol. The lowest BCUT2D eigenvalue weighted by Crippen LogP contribution is -2.44. The molecule has 0 radical (unpaired) electrons. The molecule has 1 amide bonds. The Bertz CT molecular complexity index is 335. The van der Waals surface area contributed by atoms with Crippen LogP contribution < -0.4 is 5.32 Å². The number of carboxylic acids is 1. The molecule has 0 aliphatic heterocycles. The van der Waals surface area contributed by atoms with Crippen LogP contribution in [0.15, 0.2) is 0 Å². The van der Waals surface area contributed by atoms with Crippen LogP contribution in [0.3, 0.4) is 0 Å². The molecule has 0 heterocycles. The minimum Gasteiger partial charge on any atom is -0.481 e. The normalized spacial score (nSPS) is 29.2. The van der Waals surface area contributed by atoms with Gasteiger partial charge in [0.25, 0.3) is 0 Å². The molecule has 2 aliphatic carbocycles. The second-order valence-electron chi connectivity index (χ2n) is 6.39. The predicted molar refractivity (Wildman–Crippen MR) is 77.3 cm³/mol. The van der Waals surface area contributed by atoms with Crippen LogP contribution in [0.25, 0.3) is 0 Å². The Hall–Kier alpha value is -1.06. The first kappa shape index (κ1) is 15.3. The highest BCUT2D eigenvalue weighted by Gasteiger charge is 2.36. The summed E-state index contributed by atoms with van der Waals surface area (Å²) < 4.78 is 0. The molecule has 2 fully saturated rings. The van der Waals surface area contributed by atoms with E-state index < -0.39 is 11.9 Å². The van der Waals surface area contributed by atoms with Crippen LogP contribution in [0.2, 0.25) is 0 Å². The number of hydrogen-bond donors (Lipinski definition) is 2. The number of rotatable bonds is 3. The van der Waals surface area contributed by atoms with Crippen molar-refractivity contribution in [2.75, 3.05) is 0 Å². The van der Waals surface area contributed by atoms with Gasteiger partial charge in [-0.1, -0.05) is 44.9 Å². The molecule has 0 saturated heterocycles. The molecule has 0 bridgehead atoms. The summed E-state index contributed by atoms with van der Waals surface area (Å²) in [7, 11) is 0. The number of carbonyl (C=O) groups is 2. The summed E-state index contributed by atoms with van der Waals surface area (Å²) in [5.74, 6) is -1.60. The third-order valence-corrected chi connectivity index (χ3v) is 4.87. The van der Waals surface area contributed by atoms with E-state index in [-0.39, 0.29) is 17.9 Å². The zero-order chi connectivity index (χ0) is 14.4. The number of carboxylic acid groups (broad SMARTS) is 1. The van der Waals surface area contributed by atoms with Crippen LogP contribution in [-0.4, -0.2) is 23.0 Å². The Labute approximate surface area is 121 Å². The summed E-state index contributed by atoms with van der Waals surface area (Å²) in [6.45, 7) is 0. The third-order valence-electron chi connectivity index (χ3n) is 4.87. The molecule has 2 saturated carbocycles. The Balaban J connectivity index is 1.89. The van der Waals surface area contributed by atoms with Gasteiger partial charge < -0.3 is 10.4 Å². The van der Waals surface area contributed by atoms with Crippen molar-refractivity contribution in [2.45, 2.75) is 76.7 Å². The van der Waals surface area contributed by atoms with E-state index in [1.165, 1.54) is 32.1 Å². The smallest absolute Gasteiger partial charge is 0.307 e. The van der Waals surface area contributed by atoms with Crippen molar-refractivity contribution in [1.29, 1.82) is 0 Å². The van der Waals surface area contributed by atoms with Crippen LogP contribution in [0.1, 0.15) is 70.6 Å². The van der Waals surface area contributed by atoms with Gasteiger partial charge in [-0.15, -0.1) is 0 Å². The summed E-state index contributed by atoms with van der Waals surface area (Å²) in [4.78, 5) is 23.7. The van der Waals surface area contributed by atoms with E-state index >= 15 is 0 Å². The SMILES string of the molecule is O=C(O)C1CCCCC1C(=O)NC1CCCCCCC1. The van der Waals surface area contributed by atoms with Crippen LogP contribution in [0, 0.1) is 11.8 Å². The van der Waals surface area contributed by atoms with Gasteiger partial charge in [-0.2, -0.15) is 0 Å². The fraction of sp³-hybridized carbons (Fsp3) is 0.875. The summed E-state index contributed by atoms with van der Waals surface area (Å²) in [5.41, 5.74) is 0. The molecular weight excluding hydrogens is 254 g/mol. The molecule has 0 spiro atoms. The maximum atomic E-state index is 12.4. The topological polar surface area (TPSA) is 66.4 Å². The first-order chi connectivity index (χ1) is 9.68. The van der Waals surface area contributed by atoms with Crippen LogP contribution in [-0.2, 0) is 9.59 Å². The molecule has 20 heavy (non-hydrogen) atoms. The van der Waals surface area contributed by atoms with Gasteiger partial charge in [0.05, 0.1) is 11.8 Å². The number of nitrogens with one attached hydrogen (secondary N) is 1. The minimum atomic E-state index is -0.803. The van der Waals surface area contributed by atoms with Crippen molar-refractivity contribution >= 4 is 11.9 Å². The molecular formula is C16H27NO3. The maximum absolute atomic E-state index is 12.4. The summed E-state index contributed by atoms with van der Waals surface area (Å²) >= 11 is 0. The maximum Gasteiger partial charge on any atom is 0.307 e. The van der Waals surface area contributed by atoms with E-state index in [9.17, 15) is 14.7 Å². The summed E-state index contributed by atoms with van der Waals surface area (Å²) in [6.07, 6.45) is 11.6. The van der Waals surface area contributed by atoms with Crippen molar-refractivity contribution in [3.63, 3.8) is 0 Å². The van der Waals surface area contributed by atoms with Crippen molar-refractivity contribution in [3.8, 4) is 0 Å². The molecule has 2 atom stereocenters. The van der Waals surface area contributed by atoms with Crippen LogP contribution >= 0.6 is 0 Å². The van der Waals surface area contributed by atoms with E-state index in [1.54, 1.807) is 0 Å². The van der Waals surface area contributed by atoms with E-state index in [0.29, 0.717) is 6.42 Å². The highest BCUT2D eigenvalue weighted by molar-refractivity contribution is 5.85. The van der Waals surface area contributed by atoms with Gasteiger partial charge in [-0.3, -0.25) is 9.59 Å². The second kappa shape index (κ2) is 7.65. The highest BCUT2D eigenvalue weighted by Crippen LogP contribution is 2.31. The van der Waals surface area contributed by atoms with Crippen LogP contribution in [0.4, 0.5) is 0 Å². The summed E-state index contributed by atoms with van der Waals surface area (Å²) in [5, 5.41) is 12.4. The number of amides is 1. The average Bonchev–Trinajstić information content (AvgIpc) is 2.41. The zero-order valence-electron chi connectivity index (χ0n) is 12.3. The Kier molecular flexibility index (Phi) is 5.86. The Morgan fingerprint density at radius 2 is 1.25 bits per heavy atom. The van der Waals surface area contributed by atoms with Gasteiger partial charge in [0.15, 0.2) is 0 Å². The average molecular weight is 281 g/mol. The van der Waals surface area contributed by atoms with Gasteiger partial charge >= 0.3 is 5.97 Å². The lowest BCUT2D eigenvalue weighted by Gasteiger charge is -2.30. The number of carbonyl (C=O) groups excluding carboxylic acids is 1. The van der Waals surface area contributed by atoms with Gasteiger partial charge in [0, 0.05) is 6.04 Å². The fourth-order valence-corrected chi connectivity index (χ4v) is 3.65. The van der Waals surface area contributed by atoms with Crippen molar-refractivity contribution in [2.24, 2.45) is 11.8 Å². The zero-order valence-corrected chi connectivity index (χ0v) is 12.3. The Morgan fingerprint density at radius 1 is 0.750 bits per heavy atom. The fourth-order valence-electron chi connectivity index (χ4n) is 3.65. The third kappa shape index (κ3) is 4.22. The number of hydrogen-bond acceptors (Lipinski definition) is 2. The Morgan fingerprint density at radius 3 is 1.85 bits per heavy atom. The molecule has 2 N–H and O–H groups in total. The molecule has 0 aromatic carbocycles.